The highest BCUT2D eigenvalue weighted by Gasteiger charge is 2.62. The van der Waals surface area contributed by atoms with Crippen molar-refractivity contribution in [3.05, 3.63) is 0 Å². The average molecular weight is 248 g/mol. The van der Waals surface area contributed by atoms with Gasteiger partial charge in [0.25, 0.3) is 5.92 Å². The van der Waals surface area contributed by atoms with Crippen LogP contribution in [0.1, 0.15) is 32.1 Å². The average Bonchev–Trinajstić information content (AvgIpc) is 2.24. The van der Waals surface area contributed by atoms with E-state index in [1.807, 2.05) is 0 Å². The molecule has 0 aromatic rings. The lowest BCUT2D eigenvalue weighted by molar-refractivity contribution is -0.224. The fourth-order valence-electron chi connectivity index (χ4n) is 2.68. The second kappa shape index (κ2) is 4.52. The van der Waals surface area contributed by atoms with Crippen LogP contribution in [-0.4, -0.2) is 32.2 Å². The van der Waals surface area contributed by atoms with Gasteiger partial charge in [-0.1, -0.05) is 19.3 Å². The third-order valence-electron chi connectivity index (χ3n) is 4.05. The molecule has 3 nitrogen and oxygen atoms in total. The maximum absolute atomic E-state index is 14.1. The van der Waals surface area contributed by atoms with Crippen molar-refractivity contribution >= 4 is 5.97 Å². The molecule has 1 aliphatic heterocycles. The van der Waals surface area contributed by atoms with Crippen LogP contribution in [0.3, 0.4) is 0 Å². The summed E-state index contributed by atoms with van der Waals surface area (Å²) in [4.78, 5) is 11.8. The van der Waals surface area contributed by atoms with Crippen molar-refractivity contribution in [2.75, 3.05) is 20.3 Å². The Balaban J connectivity index is 2.23. The predicted octanol–water partition coefficient (Wildman–Crippen LogP) is 2.39. The van der Waals surface area contributed by atoms with Crippen molar-refractivity contribution in [1.29, 1.82) is 0 Å². The summed E-state index contributed by atoms with van der Waals surface area (Å²) in [5, 5.41) is 0. The summed E-state index contributed by atoms with van der Waals surface area (Å²) in [6, 6.07) is 0. The van der Waals surface area contributed by atoms with E-state index in [1.165, 1.54) is 0 Å². The van der Waals surface area contributed by atoms with Gasteiger partial charge in [0.2, 0.25) is 0 Å². The molecular weight excluding hydrogens is 230 g/mol. The Labute approximate surface area is 99.5 Å². The van der Waals surface area contributed by atoms with E-state index in [0.717, 1.165) is 26.4 Å². The van der Waals surface area contributed by atoms with E-state index < -0.39 is 23.7 Å². The van der Waals surface area contributed by atoms with Crippen molar-refractivity contribution < 1.29 is 23.0 Å². The minimum absolute atomic E-state index is 0.0103. The number of alkyl halides is 2. The second-order valence-corrected chi connectivity index (χ2v) is 5.08. The fourth-order valence-corrected chi connectivity index (χ4v) is 2.68. The number of carbonyl (C=O) groups excluding carboxylic acids is 1. The Kier molecular flexibility index (Phi) is 3.39. The Hall–Kier alpha value is -0.710. The van der Waals surface area contributed by atoms with E-state index in [1.54, 1.807) is 0 Å². The van der Waals surface area contributed by atoms with E-state index in [-0.39, 0.29) is 25.6 Å². The molecule has 0 aromatic carbocycles. The maximum Gasteiger partial charge on any atom is 0.320 e. The molecule has 1 heterocycles. The molecule has 0 amide bonds. The molecular formula is C12H18F2O3. The highest BCUT2D eigenvalue weighted by molar-refractivity contribution is 5.78. The van der Waals surface area contributed by atoms with Crippen LogP contribution >= 0.6 is 0 Å². The summed E-state index contributed by atoms with van der Waals surface area (Å²) in [7, 11) is 1.16. The van der Waals surface area contributed by atoms with Gasteiger partial charge < -0.3 is 9.47 Å². The van der Waals surface area contributed by atoms with Crippen LogP contribution in [0.4, 0.5) is 8.78 Å². The summed E-state index contributed by atoms with van der Waals surface area (Å²) in [6.07, 6.45) is 2.71. The van der Waals surface area contributed by atoms with Crippen LogP contribution in [0.15, 0.2) is 0 Å². The fraction of sp³-hybridized carbons (Fsp3) is 0.917. The van der Waals surface area contributed by atoms with E-state index in [0.29, 0.717) is 0 Å². The molecule has 5 heteroatoms. The molecule has 1 atom stereocenters. The van der Waals surface area contributed by atoms with Crippen LogP contribution in [0, 0.1) is 11.3 Å². The smallest absolute Gasteiger partial charge is 0.320 e. The molecule has 0 aromatic heterocycles. The minimum atomic E-state index is -3.02. The van der Waals surface area contributed by atoms with Crippen molar-refractivity contribution in [1.82, 2.24) is 0 Å². The Morgan fingerprint density at radius 3 is 2.65 bits per heavy atom. The van der Waals surface area contributed by atoms with Crippen molar-refractivity contribution in [3.63, 3.8) is 0 Å². The number of carbonyl (C=O) groups is 1. The summed E-state index contributed by atoms with van der Waals surface area (Å²) in [5.41, 5.74) is -1.76. The number of rotatable bonds is 3. The van der Waals surface area contributed by atoms with Crippen LogP contribution in [0.5, 0.6) is 0 Å². The zero-order valence-corrected chi connectivity index (χ0v) is 10.0. The molecule has 1 unspecified atom stereocenters. The van der Waals surface area contributed by atoms with Gasteiger partial charge in [-0.15, -0.1) is 0 Å². The molecule has 0 N–H and O–H groups in total. The van der Waals surface area contributed by atoms with Gasteiger partial charge in [-0.05, 0) is 12.3 Å². The normalized spacial score (nSPS) is 32.9. The van der Waals surface area contributed by atoms with E-state index in [2.05, 4.69) is 4.74 Å². The summed E-state index contributed by atoms with van der Waals surface area (Å²) >= 11 is 0. The molecule has 0 radical (unpaired) electrons. The Bertz CT molecular complexity index is 302. The molecule has 98 valence electrons. The number of halogens is 2. The van der Waals surface area contributed by atoms with E-state index >= 15 is 0 Å². The molecule has 0 spiro atoms. The van der Waals surface area contributed by atoms with Gasteiger partial charge in [0, 0.05) is 6.42 Å². The van der Waals surface area contributed by atoms with Gasteiger partial charge in [-0.3, -0.25) is 4.79 Å². The third kappa shape index (κ3) is 2.05. The molecule has 1 aliphatic carbocycles. The third-order valence-corrected chi connectivity index (χ3v) is 4.05. The van der Waals surface area contributed by atoms with Gasteiger partial charge in [0.15, 0.2) is 5.41 Å². The van der Waals surface area contributed by atoms with Gasteiger partial charge in [0.1, 0.15) is 0 Å². The zero-order chi connectivity index (χ0) is 12.5. The first-order chi connectivity index (χ1) is 8.02. The van der Waals surface area contributed by atoms with E-state index in [9.17, 15) is 13.6 Å². The minimum Gasteiger partial charge on any atom is -0.468 e. The number of hydrogen-bond donors (Lipinski definition) is 0. The molecule has 1 saturated heterocycles. The number of methoxy groups -OCH3 is 1. The van der Waals surface area contributed by atoms with Crippen molar-refractivity contribution in [2.24, 2.45) is 11.3 Å². The van der Waals surface area contributed by atoms with Crippen LogP contribution in [0.25, 0.3) is 0 Å². The monoisotopic (exact) mass is 248 g/mol. The van der Waals surface area contributed by atoms with Crippen LogP contribution in [0.2, 0.25) is 0 Å². The second-order valence-electron chi connectivity index (χ2n) is 5.08. The van der Waals surface area contributed by atoms with E-state index in [4.69, 9.17) is 4.74 Å². The first-order valence-electron chi connectivity index (χ1n) is 6.06. The molecule has 2 rings (SSSR count). The quantitative estimate of drug-likeness (QED) is 0.719. The Morgan fingerprint density at radius 2 is 2.18 bits per heavy atom. The summed E-state index contributed by atoms with van der Waals surface area (Å²) < 4.78 is 37.9. The lowest BCUT2D eigenvalue weighted by Crippen LogP contribution is -2.56. The van der Waals surface area contributed by atoms with Crippen LogP contribution < -0.4 is 0 Å². The molecule has 1 saturated carbocycles. The van der Waals surface area contributed by atoms with Crippen molar-refractivity contribution in [2.45, 2.75) is 38.0 Å². The topological polar surface area (TPSA) is 35.5 Å². The van der Waals surface area contributed by atoms with Gasteiger partial charge in [-0.25, -0.2) is 8.78 Å². The zero-order valence-electron chi connectivity index (χ0n) is 10.0. The van der Waals surface area contributed by atoms with Gasteiger partial charge >= 0.3 is 5.97 Å². The largest absolute Gasteiger partial charge is 0.468 e. The molecule has 2 fully saturated rings. The Morgan fingerprint density at radius 1 is 1.47 bits per heavy atom. The lowest BCUT2D eigenvalue weighted by atomic mass is 9.67. The summed E-state index contributed by atoms with van der Waals surface area (Å²) in [5.74, 6) is -3.63. The molecule has 2 aliphatic rings. The summed E-state index contributed by atoms with van der Waals surface area (Å²) in [6.45, 7) is -0.209. The van der Waals surface area contributed by atoms with Crippen LogP contribution in [-0.2, 0) is 14.3 Å². The first-order valence-corrected chi connectivity index (χ1v) is 6.06. The number of esters is 1. The highest BCUT2D eigenvalue weighted by atomic mass is 19.3. The maximum atomic E-state index is 14.1. The van der Waals surface area contributed by atoms with Gasteiger partial charge in [-0.2, -0.15) is 0 Å². The predicted molar refractivity (Wildman–Crippen MR) is 56.8 cm³/mol. The standard InChI is InChI=1S/C12H18F2O3/c1-16-10(15)11(7-9-3-2-4-9)8-17-6-5-12(11,13)14/h9H,2-8H2,1H3. The SMILES string of the molecule is COC(=O)C1(CC2CCC2)COCCC1(F)F. The number of hydrogen-bond acceptors (Lipinski definition) is 3. The molecule has 17 heavy (non-hydrogen) atoms. The number of ether oxygens (including phenoxy) is 2. The van der Waals surface area contributed by atoms with Gasteiger partial charge in [0.05, 0.1) is 20.3 Å². The highest BCUT2D eigenvalue weighted by Crippen LogP contribution is 2.50. The first kappa shape index (κ1) is 12.7. The van der Waals surface area contributed by atoms with Crippen molar-refractivity contribution in [3.8, 4) is 0 Å². The molecule has 0 bridgehead atoms. The lowest BCUT2D eigenvalue weighted by Gasteiger charge is -2.44.